The van der Waals surface area contributed by atoms with Crippen LogP contribution < -0.4 is 10.6 Å². The van der Waals surface area contributed by atoms with Crippen LogP contribution in [0.15, 0.2) is 30.3 Å². The molecule has 0 radical (unpaired) electrons. The summed E-state index contributed by atoms with van der Waals surface area (Å²) in [5.74, 6) is 0.575. The fraction of sp³-hybridized carbons (Fsp3) is 0.286. The Labute approximate surface area is 116 Å². The first-order chi connectivity index (χ1) is 9.75. The van der Waals surface area contributed by atoms with Crippen molar-refractivity contribution in [1.82, 2.24) is 10.2 Å². The van der Waals surface area contributed by atoms with Crippen molar-refractivity contribution < 1.29 is 9.84 Å². The van der Waals surface area contributed by atoms with E-state index in [0.717, 1.165) is 18.8 Å². The fourth-order valence-corrected chi connectivity index (χ4v) is 2.27. The Hall–Kier alpha value is -2.34. The molecule has 2 heterocycles. The van der Waals surface area contributed by atoms with Crippen LogP contribution in [-0.2, 0) is 4.74 Å². The Morgan fingerprint density at radius 2 is 1.90 bits per heavy atom. The van der Waals surface area contributed by atoms with Gasteiger partial charge in [-0.1, -0.05) is 12.1 Å². The average molecular weight is 272 g/mol. The molecule has 1 aromatic carbocycles. The van der Waals surface area contributed by atoms with Crippen LogP contribution in [0.1, 0.15) is 0 Å². The second-order valence-corrected chi connectivity index (χ2v) is 4.62. The summed E-state index contributed by atoms with van der Waals surface area (Å²) in [7, 11) is 0. The van der Waals surface area contributed by atoms with E-state index in [0.29, 0.717) is 30.3 Å². The minimum absolute atomic E-state index is 0.180. The highest BCUT2D eigenvalue weighted by atomic mass is 16.5. The predicted octanol–water partition coefficient (Wildman–Crippen LogP) is 1.27. The molecular weight excluding hydrogens is 256 g/mol. The number of ether oxygens (including phenoxy) is 1. The molecule has 1 aromatic heterocycles. The van der Waals surface area contributed by atoms with Crippen molar-refractivity contribution in [1.29, 1.82) is 0 Å². The highest BCUT2D eigenvalue weighted by molar-refractivity contribution is 5.73. The molecule has 1 fully saturated rings. The summed E-state index contributed by atoms with van der Waals surface area (Å²) in [6, 6.07) is 8.91. The lowest BCUT2D eigenvalue weighted by Gasteiger charge is -2.29. The molecule has 20 heavy (non-hydrogen) atoms. The summed E-state index contributed by atoms with van der Waals surface area (Å²) in [6.07, 6.45) is 0. The van der Waals surface area contributed by atoms with E-state index >= 15 is 0 Å². The highest BCUT2D eigenvalue weighted by Crippen LogP contribution is 2.31. The minimum atomic E-state index is 0.180. The third-order valence-electron chi connectivity index (χ3n) is 3.33. The summed E-state index contributed by atoms with van der Waals surface area (Å²) in [5.41, 5.74) is 8.01. The van der Waals surface area contributed by atoms with E-state index in [4.69, 9.17) is 10.5 Å². The van der Waals surface area contributed by atoms with E-state index in [1.165, 1.54) is 0 Å². The molecule has 3 rings (SSSR count). The van der Waals surface area contributed by atoms with Crippen molar-refractivity contribution in [3.05, 3.63) is 30.3 Å². The number of para-hydroxylation sites is 1. The second-order valence-electron chi connectivity index (χ2n) is 4.62. The number of nitrogens with two attached hydrogens (primary N) is 1. The number of aromatic nitrogens is 2. The number of phenols is 1. The number of aromatic hydroxyl groups is 1. The normalized spacial score (nSPS) is 15.3. The first kappa shape index (κ1) is 12.7. The van der Waals surface area contributed by atoms with Crippen molar-refractivity contribution >= 4 is 11.5 Å². The molecule has 3 N–H and O–H groups in total. The summed E-state index contributed by atoms with van der Waals surface area (Å²) >= 11 is 0. The van der Waals surface area contributed by atoms with E-state index in [1.807, 2.05) is 12.1 Å². The molecule has 6 heteroatoms. The lowest BCUT2D eigenvalue weighted by Crippen LogP contribution is -2.36. The Morgan fingerprint density at radius 1 is 1.15 bits per heavy atom. The minimum Gasteiger partial charge on any atom is -0.507 e. The van der Waals surface area contributed by atoms with Gasteiger partial charge < -0.3 is 20.5 Å². The van der Waals surface area contributed by atoms with E-state index in [1.54, 1.807) is 18.2 Å². The van der Waals surface area contributed by atoms with Gasteiger partial charge in [0.05, 0.1) is 24.6 Å². The largest absolute Gasteiger partial charge is 0.507 e. The maximum absolute atomic E-state index is 9.90. The van der Waals surface area contributed by atoms with Gasteiger partial charge in [-0.3, -0.25) is 0 Å². The molecule has 1 aliphatic rings. The van der Waals surface area contributed by atoms with Crippen molar-refractivity contribution in [3.8, 4) is 17.0 Å². The number of hydrogen-bond acceptors (Lipinski definition) is 6. The van der Waals surface area contributed by atoms with Gasteiger partial charge in [-0.2, -0.15) is 0 Å². The molecule has 0 unspecified atom stereocenters. The molecule has 0 atom stereocenters. The van der Waals surface area contributed by atoms with Crippen LogP contribution in [0.25, 0.3) is 11.3 Å². The smallest absolute Gasteiger partial charge is 0.169 e. The van der Waals surface area contributed by atoms with Gasteiger partial charge in [-0.25, -0.2) is 0 Å². The molecule has 0 saturated carbocycles. The lowest BCUT2D eigenvalue weighted by molar-refractivity contribution is 0.122. The quantitative estimate of drug-likeness (QED) is 0.856. The van der Waals surface area contributed by atoms with Gasteiger partial charge in [0.25, 0.3) is 0 Å². The Bertz CT molecular complexity index is 612. The van der Waals surface area contributed by atoms with Gasteiger partial charge in [0, 0.05) is 18.7 Å². The first-order valence-electron chi connectivity index (χ1n) is 6.50. The van der Waals surface area contributed by atoms with Crippen LogP contribution >= 0.6 is 0 Å². The van der Waals surface area contributed by atoms with Crippen molar-refractivity contribution in [2.45, 2.75) is 0 Å². The van der Waals surface area contributed by atoms with Gasteiger partial charge >= 0.3 is 0 Å². The van der Waals surface area contributed by atoms with Crippen LogP contribution in [-0.4, -0.2) is 41.6 Å². The Morgan fingerprint density at radius 3 is 2.65 bits per heavy atom. The predicted molar refractivity (Wildman–Crippen MR) is 76.6 cm³/mol. The molecule has 2 aromatic rings. The van der Waals surface area contributed by atoms with Crippen molar-refractivity contribution in [3.63, 3.8) is 0 Å². The van der Waals surface area contributed by atoms with Gasteiger partial charge in [-0.15, -0.1) is 10.2 Å². The zero-order chi connectivity index (χ0) is 13.9. The second kappa shape index (κ2) is 5.34. The SMILES string of the molecule is Nc1nnc(-c2ccccc2O)cc1N1CCOCC1. The van der Waals surface area contributed by atoms with Crippen LogP contribution in [0.3, 0.4) is 0 Å². The highest BCUT2D eigenvalue weighted by Gasteiger charge is 2.17. The maximum Gasteiger partial charge on any atom is 0.169 e. The zero-order valence-electron chi connectivity index (χ0n) is 11.0. The number of benzene rings is 1. The molecule has 104 valence electrons. The van der Waals surface area contributed by atoms with Crippen LogP contribution in [0.5, 0.6) is 5.75 Å². The zero-order valence-corrected chi connectivity index (χ0v) is 11.0. The third-order valence-corrected chi connectivity index (χ3v) is 3.33. The van der Waals surface area contributed by atoms with Crippen molar-refractivity contribution in [2.75, 3.05) is 36.9 Å². The molecule has 1 saturated heterocycles. The lowest BCUT2D eigenvalue weighted by atomic mass is 10.1. The Kier molecular flexibility index (Phi) is 3.39. The molecular formula is C14H16N4O2. The fourth-order valence-electron chi connectivity index (χ4n) is 2.27. The van der Waals surface area contributed by atoms with Crippen LogP contribution in [0, 0.1) is 0 Å². The van der Waals surface area contributed by atoms with Crippen LogP contribution in [0.4, 0.5) is 11.5 Å². The molecule has 1 aliphatic heterocycles. The Balaban J connectivity index is 2.00. The van der Waals surface area contributed by atoms with Gasteiger partial charge in [0.1, 0.15) is 5.75 Å². The van der Waals surface area contributed by atoms with Crippen molar-refractivity contribution in [2.24, 2.45) is 0 Å². The summed E-state index contributed by atoms with van der Waals surface area (Å²) < 4.78 is 5.34. The number of anilines is 2. The third kappa shape index (κ3) is 2.37. The summed E-state index contributed by atoms with van der Waals surface area (Å²) in [4.78, 5) is 2.12. The number of rotatable bonds is 2. The molecule has 0 amide bonds. The van der Waals surface area contributed by atoms with Gasteiger partial charge in [0.2, 0.25) is 0 Å². The van der Waals surface area contributed by atoms with E-state index in [-0.39, 0.29) is 5.75 Å². The number of morpholine rings is 1. The van der Waals surface area contributed by atoms with Gasteiger partial charge in [-0.05, 0) is 18.2 Å². The van der Waals surface area contributed by atoms with E-state index < -0.39 is 0 Å². The molecule has 0 spiro atoms. The molecule has 0 aliphatic carbocycles. The van der Waals surface area contributed by atoms with Crippen LogP contribution in [0.2, 0.25) is 0 Å². The monoisotopic (exact) mass is 272 g/mol. The number of phenolic OH excluding ortho intramolecular Hbond substituents is 1. The topological polar surface area (TPSA) is 84.5 Å². The number of hydrogen-bond donors (Lipinski definition) is 2. The molecule has 6 nitrogen and oxygen atoms in total. The number of nitrogen functional groups attached to an aromatic ring is 1. The molecule has 0 bridgehead atoms. The average Bonchev–Trinajstić information content (AvgIpc) is 2.49. The summed E-state index contributed by atoms with van der Waals surface area (Å²) in [5, 5.41) is 18.0. The van der Waals surface area contributed by atoms with E-state index in [9.17, 15) is 5.11 Å². The first-order valence-corrected chi connectivity index (χ1v) is 6.50. The standard InChI is InChI=1S/C14H16N4O2/c15-14-12(18-5-7-20-8-6-18)9-11(16-17-14)10-3-1-2-4-13(10)19/h1-4,9,19H,5-8H2,(H2,15,17). The number of nitrogens with zero attached hydrogens (tertiary/aromatic N) is 3. The van der Waals surface area contributed by atoms with E-state index in [2.05, 4.69) is 15.1 Å². The maximum atomic E-state index is 9.90. The summed E-state index contributed by atoms with van der Waals surface area (Å²) in [6.45, 7) is 2.90. The van der Waals surface area contributed by atoms with Gasteiger partial charge in [0.15, 0.2) is 5.82 Å².